The molecule has 0 aromatic carbocycles. The second-order valence-electron chi connectivity index (χ2n) is 4.22. The minimum Gasteiger partial charge on any atom is -0.461 e. The smallest absolute Gasteiger partial charge is 0.356 e. The molecule has 5 nitrogen and oxygen atoms in total. The zero-order valence-corrected chi connectivity index (χ0v) is 10.5. The third-order valence-electron chi connectivity index (χ3n) is 2.81. The quantitative estimate of drug-likeness (QED) is 0.716. The number of H-pyrrole nitrogens is 1. The van der Waals surface area contributed by atoms with Gasteiger partial charge in [0.25, 0.3) is 0 Å². The van der Waals surface area contributed by atoms with Gasteiger partial charge in [0.1, 0.15) is 11.5 Å². The van der Waals surface area contributed by atoms with Crippen LogP contribution in [0.5, 0.6) is 0 Å². The summed E-state index contributed by atoms with van der Waals surface area (Å²) < 4.78 is 5.23. The van der Waals surface area contributed by atoms with Gasteiger partial charge < -0.3 is 10.5 Å². The van der Waals surface area contributed by atoms with E-state index in [0.29, 0.717) is 24.0 Å². The fourth-order valence-corrected chi connectivity index (χ4v) is 1.61. The second kappa shape index (κ2) is 6.93. The number of ether oxygens (including phenoxy) is 1. The Morgan fingerprint density at radius 1 is 1.59 bits per heavy atom. The zero-order chi connectivity index (χ0) is 12.7. The minimum atomic E-state index is -0.385. The predicted octanol–water partition coefficient (Wildman–Crippen LogP) is 2.37. The SMILES string of the molecule is CCCCC(CC)COC(=O)c1cc(N)n[nH]1. The fraction of sp³-hybridized carbons (Fsp3) is 0.667. The summed E-state index contributed by atoms with van der Waals surface area (Å²) in [5.74, 6) is 0.360. The van der Waals surface area contributed by atoms with E-state index in [9.17, 15) is 4.79 Å². The van der Waals surface area contributed by atoms with Crippen molar-refractivity contribution in [1.29, 1.82) is 0 Å². The average molecular weight is 239 g/mol. The molecule has 0 fully saturated rings. The van der Waals surface area contributed by atoms with Gasteiger partial charge in [-0.05, 0) is 12.3 Å². The number of nitrogens with zero attached hydrogens (tertiary/aromatic N) is 1. The Hall–Kier alpha value is -1.52. The molecule has 0 aliphatic heterocycles. The maximum Gasteiger partial charge on any atom is 0.356 e. The topological polar surface area (TPSA) is 81.0 Å². The third-order valence-corrected chi connectivity index (χ3v) is 2.81. The molecule has 17 heavy (non-hydrogen) atoms. The Labute approximate surface area is 102 Å². The van der Waals surface area contributed by atoms with Crippen LogP contribution in [0.4, 0.5) is 5.82 Å². The van der Waals surface area contributed by atoms with Gasteiger partial charge in [-0.2, -0.15) is 5.10 Å². The van der Waals surface area contributed by atoms with E-state index in [1.807, 2.05) is 0 Å². The maximum atomic E-state index is 11.6. The van der Waals surface area contributed by atoms with E-state index < -0.39 is 0 Å². The summed E-state index contributed by atoms with van der Waals surface area (Å²) in [7, 11) is 0. The van der Waals surface area contributed by atoms with E-state index in [1.165, 1.54) is 18.9 Å². The summed E-state index contributed by atoms with van der Waals surface area (Å²) in [5, 5.41) is 6.23. The standard InChI is InChI=1S/C12H21N3O2/c1-3-5-6-9(4-2)8-17-12(16)10-7-11(13)15-14-10/h7,9H,3-6,8H2,1-2H3,(H3,13,14,15). The molecule has 1 unspecified atom stereocenters. The lowest BCUT2D eigenvalue weighted by molar-refractivity contribution is 0.0421. The monoisotopic (exact) mass is 239 g/mol. The number of unbranched alkanes of at least 4 members (excludes halogenated alkanes) is 1. The predicted molar refractivity (Wildman–Crippen MR) is 66.6 cm³/mol. The molecular weight excluding hydrogens is 218 g/mol. The molecule has 0 radical (unpaired) electrons. The first-order valence-corrected chi connectivity index (χ1v) is 6.15. The van der Waals surface area contributed by atoms with E-state index in [-0.39, 0.29) is 5.97 Å². The Morgan fingerprint density at radius 3 is 2.88 bits per heavy atom. The van der Waals surface area contributed by atoms with Gasteiger partial charge in [-0.3, -0.25) is 5.10 Å². The van der Waals surface area contributed by atoms with E-state index in [4.69, 9.17) is 10.5 Å². The van der Waals surface area contributed by atoms with Crippen LogP contribution in [0, 0.1) is 5.92 Å². The van der Waals surface area contributed by atoms with Crippen molar-refractivity contribution in [2.45, 2.75) is 39.5 Å². The van der Waals surface area contributed by atoms with Crippen molar-refractivity contribution in [3.63, 3.8) is 0 Å². The Kier molecular flexibility index (Phi) is 5.52. The molecular formula is C12H21N3O2. The zero-order valence-electron chi connectivity index (χ0n) is 10.5. The molecule has 0 bridgehead atoms. The van der Waals surface area contributed by atoms with Gasteiger partial charge in [0.05, 0.1) is 6.61 Å². The molecule has 0 aliphatic carbocycles. The van der Waals surface area contributed by atoms with Crippen molar-refractivity contribution in [2.24, 2.45) is 5.92 Å². The Balaban J connectivity index is 2.36. The first-order chi connectivity index (χ1) is 8.17. The van der Waals surface area contributed by atoms with E-state index >= 15 is 0 Å². The van der Waals surface area contributed by atoms with Crippen molar-refractivity contribution < 1.29 is 9.53 Å². The lowest BCUT2D eigenvalue weighted by atomic mass is 10.0. The fourth-order valence-electron chi connectivity index (χ4n) is 1.61. The van der Waals surface area contributed by atoms with Crippen LogP contribution in [0.15, 0.2) is 6.07 Å². The molecule has 1 aromatic rings. The largest absolute Gasteiger partial charge is 0.461 e. The van der Waals surface area contributed by atoms with E-state index in [1.54, 1.807) is 0 Å². The maximum absolute atomic E-state index is 11.6. The Morgan fingerprint density at radius 2 is 2.35 bits per heavy atom. The number of carbonyl (C=O) groups excluding carboxylic acids is 1. The molecule has 0 saturated heterocycles. The molecule has 1 atom stereocenters. The van der Waals surface area contributed by atoms with Crippen molar-refractivity contribution in [3.05, 3.63) is 11.8 Å². The number of nitrogens with one attached hydrogen (secondary N) is 1. The number of carbonyl (C=O) groups is 1. The highest BCUT2D eigenvalue weighted by atomic mass is 16.5. The number of aromatic nitrogens is 2. The van der Waals surface area contributed by atoms with Gasteiger partial charge in [0.15, 0.2) is 0 Å². The lowest BCUT2D eigenvalue weighted by Crippen LogP contribution is -2.14. The van der Waals surface area contributed by atoms with Gasteiger partial charge >= 0.3 is 5.97 Å². The molecule has 0 saturated carbocycles. The summed E-state index contributed by atoms with van der Waals surface area (Å²) in [5.41, 5.74) is 5.73. The van der Waals surface area contributed by atoms with Crippen LogP contribution in [0.3, 0.4) is 0 Å². The Bertz CT molecular complexity index is 349. The highest BCUT2D eigenvalue weighted by Gasteiger charge is 2.13. The number of hydrogen-bond acceptors (Lipinski definition) is 4. The van der Waals surface area contributed by atoms with Crippen molar-refractivity contribution in [3.8, 4) is 0 Å². The van der Waals surface area contributed by atoms with Gasteiger partial charge in [-0.25, -0.2) is 4.79 Å². The van der Waals surface area contributed by atoms with Gasteiger partial charge in [-0.1, -0.05) is 33.1 Å². The highest BCUT2D eigenvalue weighted by Crippen LogP contribution is 2.13. The molecule has 5 heteroatoms. The van der Waals surface area contributed by atoms with Crippen molar-refractivity contribution in [2.75, 3.05) is 12.3 Å². The number of nitrogen functional groups attached to an aromatic ring is 1. The van der Waals surface area contributed by atoms with Crippen molar-refractivity contribution >= 4 is 11.8 Å². The van der Waals surface area contributed by atoms with E-state index in [2.05, 4.69) is 24.0 Å². The first-order valence-electron chi connectivity index (χ1n) is 6.15. The third kappa shape index (κ3) is 4.46. The molecule has 3 N–H and O–H groups in total. The van der Waals surface area contributed by atoms with Gasteiger partial charge in [0.2, 0.25) is 0 Å². The summed E-state index contributed by atoms with van der Waals surface area (Å²) in [6, 6.07) is 1.48. The molecule has 0 spiro atoms. The molecule has 1 rings (SSSR count). The number of nitrogens with two attached hydrogens (primary N) is 1. The van der Waals surface area contributed by atoms with Crippen LogP contribution in [-0.2, 0) is 4.74 Å². The molecule has 96 valence electrons. The average Bonchev–Trinajstić information content (AvgIpc) is 2.76. The van der Waals surface area contributed by atoms with Crippen LogP contribution in [0.1, 0.15) is 50.0 Å². The van der Waals surface area contributed by atoms with Crippen LogP contribution < -0.4 is 5.73 Å². The summed E-state index contributed by atoms with van der Waals surface area (Å²) in [4.78, 5) is 11.6. The van der Waals surface area contributed by atoms with E-state index in [0.717, 1.165) is 12.8 Å². The first kappa shape index (κ1) is 13.5. The normalized spacial score (nSPS) is 12.4. The minimum absolute atomic E-state index is 0.301. The number of esters is 1. The van der Waals surface area contributed by atoms with Gasteiger partial charge in [-0.15, -0.1) is 0 Å². The molecule has 1 heterocycles. The number of rotatable bonds is 7. The van der Waals surface area contributed by atoms with Crippen molar-refractivity contribution in [1.82, 2.24) is 10.2 Å². The molecule has 0 amide bonds. The highest BCUT2D eigenvalue weighted by molar-refractivity contribution is 5.87. The second-order valence-corrected chi connectivity index (χ2v) is 4.22. The van der Waals surface area contributed by atoms with Crippen LogP contribution in [0.2, 0.25) is 0 Å². The number of hydrogen-bond donors (Lipinski definition) is 2. The molecule has 1 aromatic heterocycles. The number of aromatic amines is 1. The van der Waals surface area contributed by atoms with Crippen LogP contribution >= 0.6 is 0 Å². The number of anilines is 1. The van der Waals surface area contributed by atoms with Crippen LogP contribution in [-0.4, -0.2) is 22.8 Å². The molecule has 0 aliphatic rings. The summed E-state index contributed by atoms with van der Waals surface area (Å²) in [6.45, 7) is 4.74. The summed E-state index contributed by atoms with van der Waals surface area (Å²) >= 11 is 0. The van der Waals surface area contributed by atoms with Crippen LogP contribution in [0.25, 0.3) is 0 Å². The van der Waals surface area contributed by atoms with Gasteiger partial charge in [0, 0.05) is 6.07 Å². The summed E-state index contributed by atoms with van der Waals surface area (Å²) in [6.07, 6.45) is 4.47. The lowest BCUT2D eigenvalue weighted by Gasteiger charge is -2.13.